The number of hydrogen-bond donors (Lipinski definition) is 0. The highest BCUT2D eigenvalue weighted by Gasteiger charge is 2.29. The number of rotatable bonds is 5. The Morgan fingerprint density at radius 3 is 2.41 bits per heavy atom. The summed E-state index contributed by atoms with van der Waals surface area (Å²) in [5.41, 5.74) is 1.81. The van der Waals surface area contributed by atoms with E-state index in [1.165, 1.54) is 12.1 Å². The molecule has 0 saturated carbocycles. The summed E-state index contributed by atoms with van der Waals surface area (Å²) in [5, 5.41) is 0. The second-order valence-corrected chi connectivity index (χ2v) is 7.17. The Hall–Kier alpha value is -3.28. The summed E-state index contributed by atoms with van der Waals surface area (Å²) in [6.07, 6.45) is 5.82. The summed E-state index contributed by atoms with van der Waals surface area (Å²) >= 11 is 0. The van der Waals surface area contributed by atoms with Gasteiger partial charge in [-0.1, -0.05) is 24.3 Å². The van der Waals surface area contributed by atoms with Gasteiger partial charge in [0.1, 0.15) is 11.6 Å². The third kappa shape index (κ3) is 4.59. The first-order valence-electron chi connectivity index (χ1n) is 9.80. The van der Waals surface area contributed by atoms with Crippen LogP contribution in [-0.2, 0) is 11.2 Å². The number of nitrogens with zero attached hydrogens (tertiary/aromatic N) is 4. The van der Waals surface area contributed by atoms with Gasteiger partial charge in [-0.2, -0.15) is 0 Å². The maximum atomic E-state index is 13.4. The van der Waals surface area contributed by atoms with Crippen LogP contribution in [0.1, 0.15) is 17.0 Å². The van der Waals surface area contributed by atoms with E-state index in [9.17, 15) is 9.18 Å². The molecule has 0 spiro atoms. The van der Waals surface area contributed by atoms with E-state index in [1.807, 2.05) is 35.2 Å². The highest BCUT2D eigenvalue weighted by Crippen LogP contribution is 2.25. The van der Waals surface area contributed by atoms with Crippen LogP contribution in [0.15, 0.2) is 73.2 Å². The molecule has 0 radical (unpaired) electrons. The van der Waals surface area contributed by atoms with Gasteiger partial charge in [-0.25, -0.2) is 9.37 Å². The van der Waals surface area contributed by atoms with Crippen molar-refractivity contribution in [2.24, 2.45) is 0 Å². The minimum absolute atomic E-state index is 0.0705. The van der Waals surface area contributed by atoms with Gasteiger partial charge in [0.05, 0.1) is 5.92 Å². The van der Waals surface area contributed by atoms with Crippen molar-refractivity contribution in [1.29, 1.82) is 0 Å². The Kier molecular flexibility index (Phi) is 5.79. The molecule has 3 aromatic rings. The Labute approximate surface area is 169 Å². The maximum Gasteiger partial charge on any atom is 0.230 e. The highest BCUT2D eigenvalue weighted by molar-refractivity contribution is 5.84. The molecule has 1 aromatic carbocycles. The fourth-order valence-corrected chi connectivity index (χ4v) is 3.71. The van der Waals surface area contributed by atoms with Crippen LogP contribution >= 0.6 is 0 Å². The first kappa shape index (κ1) is 19.1. The number of pyridine rings is 2. The lowest BCUT2D eigenvalue weighted by Gasteiger charge is -2.37. The van der Waals surface area contributed by atoms with E-state index in [4.69, 9.17) is 0 Å². The van der Waals surface area contributed by atoms with Crippen molar-refractivity contribution in [3.63, 3.8) is 0 Å². The normalized spacial score (nSPS) is 15.2. The predicted octanol–water partition coefficient (Wildman–Crippen LogP) is 3.29. The molecule has 1 aliphatic rings. The second kappa shape index (κ2) is 8.82. The topological polar surface area (TPSA) is 49.3 Å². The molecule has 1 saturated heterocycles. The Bertz CT molecular complexity index is 926. The molecule has 4 rings (SSSR count). The molecule has 0 N–H and O–H groups in total. The first-order chi connectivity index (χ1) is 14.2. The predicted molar refractivity (Wildman–Crippen MR) is 110 cm³/mol. The molecule has 1 unspecified atom stereocenters. The molecule has 0 aliphatic carbocycles. The van der Waals surface area contributed by atoms with E-state index in [-0.39, 0.29) is 17.6 Å². The van der Waals surface area contributed by atoms with Gasteiger partial charge in [0.15, 0.2) is 0 Å². The molecule has 29 heavy (non-hydrogen) atoms. The van der Waals surface area contributed by atoms with Crippen molar-refractivity contribution >= 4 is 11.7 Å². The minimum Gasteiger partial charge on any atom is -0.353 e. The van der Waals surface area contributed by atoms with Crippen LogP contribution in [0.5, 0.6) is 0 Å². The van der Waals surface area contributed by atoms with Crippen molar-refractivity contribution < 1.29 is 9.18 Å². The van der Waals surface area contributed by atoms with Crippen LogP contribution in [0, 0.1) is 5.82 Å². The fraction of sp³-hybridized carbons (Fsp3) is 0.261. The van der Waals surface area contributed by atoms with Crippen molar-refractivity contribution in [3.05, 3.63) is 90.1 Å². The van der Waals surface area contributed by atoms with Crippen LogP contribution in [0.25, 0.3) is 0 Å². The van der Waals surface area contributed by atoms with Gasteiger partial charge in [-0.3, -0.25) is 9.78 Å². The highest BCUT2D eigenvalue weighted by atomic mass is 19.1. The monoisotopic (exact) mass is 390 g/mol. The average molecular weight is 390 g/mol. The second-order valence-electron chi connectivity index (χ2n) is 7.17. The zero-order chi connectivity index (χ0) is 20.1. The van der Waals surface area contributed by atoms with Gasteiger partial charge in [0.25, 0.3) is 0 Å². The van der Waals surface area contributed by atoms with E-state index >= 15 is 0 Å². The Balaban J connectivity index is 1.50. The summed E-state index contributed by atoms with van der Waals surface area (Å²) in [7, 11) is 0. The molecule has 2 aromatic heterocycles. The smallest absolute Gasteiger partial charge is 0.230 e. The minimum atomic E-state index is -0.360. The number of aromatic nitrogens is 2. The van der Waals surface area contributed by atoms with Crippen molar-refractivity contribution in [2.75, 3.05) is 31.1 Å². The summed E-state index contributed by atoms with van der Waals surface area (Å²) in [6, 6.07) is 15.9. The molecule has 1 aliphatic heterocycles. The third-order valence-corrected chi connectivity index (χ3v) is 5.30. The average Bonchev–Trinajstić information content (AvgIpc) is 2.79. The third-order valence-electron chi connectivity index (χ3n) is 5.30. The summed E-state index contributed by atoms with van der Waals surface area (Å²) in [5.74, 6) is 0.345. The number of amides is 1. The van der Waals surface area contributed by atoms with Gasteiger partial charge in [0.2, 0.25) is 5.91 Å². The molecule has 6 heteroatoms. The molecule has 148 valence electrons. The molecule has 5 nitrogen and oxygen atoms in total. The molecule has 1 amide bonds. The number of hydrogen-bond acceptors (Lipinski definition) is 4. The van der Waals surface area contributed by atoms with E-state index in [1.54, 1.807) is 30.7 Å². The lowest BCUT2D eigenvalue weighted by atomic mass is 9.91. The number of piperazine rings is 1. The molecule has 1 atom stereocenters. The fourth-order valence-electron chi connectivity index (χ4n) is 3.71. The van der Waals surface area contributed by atoms with E-state index in [0.29, 0.717) is 19.5 Å². The zero-order valence-electron chi connectivity index (χ0n) is 16.1. The van der Waals surface area contributed by atoms with Crippen molar-refractivity contribution in [2.45, 2.75) is 12.3 Å². The lowest BCUT2D eigenvalue weighted by Crippen LogP contribution is -2.50. The summed E-state index contributed by atoms with van der Waals surface area (Å²) in [6.45, 7) is 2.76. The SMILES string of the molecule is O=C(C(Cc1cccnc1)c1ccc(F)cc1)N1CCN(c2ccccn2)CC1. The number of carbonyl (C=O) groups excluding carboxylic acids is 1. The summed E-state index contributed by atoms with van der Waals surface area (Å²) in [4.78, 5) is 26.1. The van der Waals surface area contributed by atoms with Crippen molar-refractivity contribution in [3.8, 4) is 0 Å². The largest absolute Gasteiger partial charge is 0.353 e. The summed E-state index contributed by atoms with van der Waals surface area (Å²) < 4.78 is 13.4. The van der Waals surface area contributed by atoms with Crippen molar-refractivity contribution in [1.82, 2.24) is 14.9 Å². The van der Waals surface area contributed by atoms with E-state index in [0.717, 1.165) is 30.0 Å². The molecular weight excluding hydrogens is 367 g/mol. The number of carbonyl (C=O) groups is 1. The van der Waals surface area contributed by atoms with Crippen LogP contribution in [0.4, 0.5) is 10.2 Å². The Morgan fingerprint density at radius 2 is 1.76 bits per heavy atom. The Morgan fingerprint density at radius 1 is 0.966 bits per heavy atom. The number of halogens is 1. The van der Waals surface area contributed by atoms with Gasteiger partial charge in [-0.05, 0) is 47.9 Å². The standard InChI is InChI=1S/C23H23FN4O/c24-20-8-6-19(7-9-20)21(16-18-4-3-10-25-17-18)23(29)28-14-12-27(13-15-28)22-5-1-2-11-26-22/h1-11,17,21H,12-16H2. The van der Waals surface area contributed by atoms with Crippen LogP contribution < -0.4 is 4.90 Å². The van der Waals surface area contributed by atoms with Gasteiger partial charge < -0.3 is 9.80 Å². The lowest BCUT2D eigenvalue weighted by molar-refractivity contribution is -0.133. The van der Waals surface area contributed by atoms with E-state index < -0.39 is 0 Å². The van der Waals surface area contributed by atoms with Gasteiger partial charge >= 0.3 is 0 Å². The van der Waals surface area contributed by atoms with Crippen LogP contribution in [-0.4, -0.2) is 47.0 Å². The zero-order valence-corrected chi connectivity index (χ0v) is 16.1. The first-order valence-corrected chi connectivity index (χ1v) is 9.80. The van der Waals surface area contributed by atoms with Gasteiger partial charge in [0, 0.05) is 44.8 Å². The number of benzene rings is 1. The molecular formula is C23H23FN4O. The number of anilines is 1. The molecule has 1 fully saturated rings. The molecule has 3 heterocycles. The quantitative estimate of drug-likeness (QED) is 0.671. The van der Waals surface area contributed by atoms with E-state index in [2.05, 4.69) is 14.9 Å². The van der Waals surface area contributed by atoms with Crippen LogP contribution in [0.2, 0.25) is 0 Å². The molecule has 0 bridgehead atoms. The van der Waals surface area contributed by atoms with Crippen LogP contribution in [0.3, 0.4) is 0 Å². The maximum absolute atomic E-state index is 13.4. The van der Waals surface area contributed by atoms with Gasteiger partial charge in [-0.15, -0.1) is 0 Å².